The summed E-state index contributed by atoms with van der Waals surface area (Å²) in [5.41, 5.74) is -0.146. The first-order valence-corrected chi connectivity index (χ1v) is 5.88. The monoisotopic (exact) mass is 246 g/mol. The predicted octanol–water partition coefficient (Wildman–Crippen LogP) is 0.908. The van der Waals surface area contributed by atoms with Crippen LogP contribution in [0.3, 0.4) is 0 Å². The number of benzene rings is 1. The third kappa shape index (κ3) is 3.56. The zero-order valence-electron chi connectivity index (χ0n) is 8.07. The number of nitrogens with one attached hydrogen (secondary N) is 1. The standard InChI is InChI=1S/C9H8F2N2O2S/c10-8-2-1-7(9(11)5-8)6-16(14,15)13-4-3-12/h1-2,5,13H,4,6H2. The summed E-state index contributed by atoms with van der Waals surface area (Å²) < 4.78 is 50.1. The van der Waals surface area contributed by atoms with Crippen LogP contribution in [0.25, 0.3) is 0 Å². The van der Waals surface area contributed by atoms with Gasteiger partial charge in [0.25, 0.3) is 0 Å². The highest BCUT2D eigenvalue weighted by molar-refractivity contribution is 7.88. The Morgan fingerprint density at radius 3 is 2.62 bits per heavy atom. The van der Waals surface area contributed by atoms with Gasteiger partial charge in [-0.15, -0.1) is 0 Å². The van der Waals surface area contributed by atoms with E-state index < -0.39 is 27.4 Å². The maximum atomic E-state index is 13.1. The first kappa shape index (κ1) is 12.5. The van der Waals surface area contributed by atoms with Crippen molar-refractivity contribution in [1.29, 1.82) is 5.26 Å². The zero-order chi connectivity index (χ0) is 12.2. The largest absolute Gasteiger partial charge is 0.216 e. The van der Waals surface area contributed by atoms with E-state index in [0.29, 0.717) is 6.07 Å². The number of hydrogen-bond donors (Lipinski definition) is 1. The number of nitrogens with zero attached hydrogens (tertiary/aromatic N) is 1. The molecule has 0 spiro atoms. The lowest BCUT2D eigenvalue weighted by molar-refractivity contribution is 0.566. The van der Waals surface area contributed by atoms with Crippen LogP contribution in [0.15, 0.2) is 18.2 Å². The number of rotatable bonds is 4. The van der Waals surface area contributed by atoms with Crippen molar-refractivity contribution >= 4 is 10.0 Å². The topological polar surface area (TPSA) is 70.0 Å². The first-order valence-electron chi connectivity index (χ1n) is 4.23. The average molecular weight is 246 g/mol. The molecule has 7 heteroatoms. The Bertz CT molecular complexity index is 523. The maximum Gasteiger partial charge on any atom is 0.216 e. The summed E-state index contributed by atoms with van der Waals surface area (Å²) in [4.78, 5) is 0. The van der Waals surface area contributed by atoms with Gasteiger partial charge in [0, 0.05) is 11.6 Å². The molecule has 0 atom stereocenters. The summed E-state index contributed by atoms with van der Waals surface area (Å²) in [5, 5.41) is 8.19. The summed E-state index contributed by atoms with van der Waals surface area (Å²) in [7, 11) is -3.77. The quantitative estimate of drug-likeness (QED) is 0.803. The molecule has 0 aliphatic rings. The summed E-state index contributed by atoms with van der Waals surface area (Å²) >= 11 is 0. The molecule has 16 heavy (non-hydrogen) atoms. The molecular formula is C9H8F2N2O2S. The van der Waals surface area contributed by atoms with Crippen LogP contribution in [0.4, 0.5) is 8.78 Å². The average Bonchev–Trinajstić information content (AvgIpc) is 2.19. The van der Waals surface area contributed by atoms with Gasteiger partial charge in [0.05, 0.1) is 18.4 Å². The van der Waals surface area contributed by atoms with Crippen molar-refractivity contribution in [3.05, 3.63) is 35.4 Å². The fraction of sp³-hybridized carbons (Fsp3) is 0.222. The summed E-state index contributed by atoms with van der Waals surface area (Å²) in [6, 6.07) is 4.22. The molecular weight excluding hydrogens is 238 g/mol. The van der Waals surface area contributed by atoms with E-state index in [2.05, 4.69) is 0 Å². The number of sulfonamides is 1. The van der Waals surface area contributed by atoms with E-state index in [1.165, 1.54) is 0 Å². The summed E-state index contributed by atoms with van der Waals surface area (Å²) in [6.07, 6.45) is 0. The second kappa shape index (κ2) is 5.01. The van der Waals surface area contributed by atoms with Gasteiger partial charge in [-0.3, -0.25) is 0 Å². The predicted molar refractivity (Wildman–Crippen MR) is 52.6 cm³/mol. The molecule has 0 saturated heterocycles. The van der Waals surface area contributed by atoms with Gasteiger partial charge in [0.1, 0.15) is 11.6 Å². The molecule has 4 nitrogen and oxygen atoms in total. The normalized spacial score (nSPS) is 11.1. The fourth-order valence-electron chi connectivity index (χ4n) is 1.04. The van der Waals surface area contributed by atoms with Crippen molar-refractivity contribution < 1.29 is 17.2 Å². The number of nitriles is 1. The van der Waals surface area contributed by atoms with Gasteiger partial charge in [-0.2, -0.15) is 5.26 Å². The molecule has 1 N–H and O–H groups in total. The lowest BCUT2D eigenvalue weighted by Crippen LogP contribution is -2.25. The number of halogens is 2. The Morgan fingerprint density at radius 1 is 1.38 bits per heavy atom. The van der Waals surface area contributed by atoms with E-state index in [4.69, 9.17) is 5.26 Å². The van der Waals surface area contributed by atoms with Crippen molar-refractivity contribution in [2.24, 2.45) is 0 Å². The zero-order valence-corrected chi connectivity index (χ0v) is 8.89. The molecule has 0 aromatic heterocycles. The highest BCUT2D eigenvalue weighted by atomic mass is 32.2. The third-order valence-corrected chi connectivity index (χ3v) is 3.01. The van der Waals surface area contributed by atoms with Gasteiger partial charge in [0.2, 0.25) is 10.0 Å². The van der Waals surface area contributed by atoms with Crippen molar-refractivity contribution in [1.82, 2.24) is 4.72 Å². The molecule has 0 saturated carbocycles. The molecule has 0 radical (unpaired) electrons. The van der Waals surface area contributed by atoms with Gasteiger partial charge in [-0.05, 0) is 6.07 Å². The Balaban J connectivity index is 2.85. The highest BCUT2D eigenvalue weighted by Crippen LogP contribution is 2.12. The third-order valence-electron chi connectivity index (χ3n) is 1.73. The molecule has 0 fully saturated rings. The molecule has 0 aliphatic heterocycles. The minimum atomic E-state index is -3.77. The molecule has 0 heterocycles. The molecule has 1 aromatic rings. The van der Waals surface area contributed by atoms with E-state index in [-0.39, 0.29) is 12.1 Å². The van der Waals surface area contributed by atoms with Crippen LogP contribution in [0, 0.1) is 23.0 Å². The van der Waals surface area contributed by atoms with Crippen LogP contribution in [0.1, 0.15) is 5.56 Å². The Hall–Kier alpha value is -1.52. The molecule has 86 valence electrons. The van der Waals surface area contributed by atoms with Gasteiger partial charge < -0.3 is 0 Å². The molecule has 1 aromatic carbocycles. The van der Waals surface area contributed by atoms with Gasteiger partial charge in [-0.25, -0.2) is 21.9 Å². The van der Waals surface area contributed by atoms with Crippen LogP contribution in [0.2, 0.25) is 0 Å². The lowest BCUT2D eigenvalue weighted by atomic mass is 10.2. The van der Waals surface area contributed by atoms with Crippen molar-refractivity contribution in [3.8, 4) is 6.07 Å². The van der Waals surface area contributed by atoms with E-state index >= 15 is 0 Å². The first-order chi connectivity index (χ1) is 7.44. The van der Waals surface area contributed by atoms with Crippen LogP contribution < -0.4 is 4.72 Å². The van der Waals surface area contributed by atoms with Crippen LogP contribution in [-0.4, -0.2) is 15.0 Å². The second-order valence-electron chi connectivity index (χ2n) is 2.97. The SMILES string of the molecule is N#CCNS(=O)(=O)Cc1ccc(F)cc1F. The van der Waals surface area contributed by atoms with Gasteiger partial charge >= 0.3 is 0 Å². The minimum Gasteiger partial charge on any atom is -0.212 e. The van der Waals surface area contributed by atoms with Crippen molar-refractivity contribution in [2.45, 2.75) is 5.75 Å². The van der Waals surface area contributed by atoms with E-state index in [9.17, 15) is 17.2 Å². The van der Waals surface area contributed by atoms with Crippen LogP contribution in [-0.2, 0) is 15.8 Å². The fourth-order valence-corrected chi connectivity index (χ4v) is 2.07. The Kier molecular flexibility index (Phi) is 3.93. The lowest BCUT2D eigenvalue weighted by Gasteiger charge is -2.04. The van der Waals surface area contributed by atoms with Gasteiger partial charge in [-0.1, -0.05) is 6.07 Å². The summed E-state index contributed by atoms with van der Waals surface area (Å²) in [6.45, 7) is -0.384. The number of hydrogen-bond acceptors (Lipinski definition) is 3. The smallest absolute Gasteiger partial charge is 0.212 e. The maximum absolute atomic E-state index is 13.1. The van der Waals surface area contributed by atoms with Crippen LogP contribution >= 0.6 is 0 Å². The summed E-state index contributed by atoms with van der Waals surface area (Å²) in [5.74, 6) is -2.33. The van der Waals surface area contributed by atoms with Crippen molar-refractivity contribution in [3.63, 3.8) is 0 Å². The molecule has 0 aliphatic carbocycles. The molecule has 1 rings (SSSR count). The minimum absolute atomic E-state index is 0.146. The van der Waals surface area contributed by atoms with Gasteiger partial charge in [0.15, 0.2) is 0 Å². The van der Waals surface area contributed by atoms with E-state index in [1.807, 2.05) is 4.72 Å². The van der Waals surface area contributed by atoms with Crippen molar-refractivity contribution in [2.75, 3.05) is 6.54 Å². The van der Waals surface area contributed by atoms with E-state index in [1.54, 1.807) is 6.07 Å². The molecule has 0 amide bonds. The molecule has 0 bridgehead atoms. The highest BCUT2D eigenvalue weighted by Gasteiger charge is 2.14. The second-order valence-corrected chi connectivity index (χ2v) is 4.78. The Morgan fingerprint density at radius 2 is 2.06 bits per heavy atom. The van der Waals surface area contributed by atoms with E-state index in [0.717, 1.165) is 12.1 Å². The Labute approximate surface area is 91.6 Å². The van der Waals surface area contributed by atoms with Crippen LogP contribution in [0.5, 0.6) is 0 Å². The molecule has 0 unspecified atom stereocenters.